The molecule has 1 nitrogen and oxygen atoms in total. The normalized spacial score (nSPS) is 35.8. The average molecular weight is 127 g/mol. The van der Waals surface area contributed by atoms with E-state index in [2.05, 4.69) is 24.5 Å². The highest BCUT2D eigenvalue weighted by Gasteiger charge is 2.08. The second-order valence-corrected chi connectivity index (χ2v) is 2.51. The highest BCUT2D eigenvalue weighted by atomic mass is 32.1. The third kappa shape index (κ3) is 1.13. The van der Waals surface area contributed by atoms with Crippen molar-refractivity contribution in [2.75, 3.05) is 0 Å². The van der Waals surface area contributed by atoms with Crippen molar-refractivity contribution in [1.29, 1.82) is 0 Å². The minimum absolute atomic E-state index is 0.319. The maximum Gasteiger partial charge on any atom is 0.0622 e. The zero-order valence-electron chi connectivity index (χ0n) is 4.78. The van der Waals surface area contributed by atoms with Crippen LogP contribution in [0.15, 0.2) is 17.1 Å². The van der Waals surface area contributed by atoms with Crippen LogP contribution in [0.25, 0.3) is 0 Å². The van der Waals surface area contributed by atoms with Gasteiger partial charge in [0, 0.05) is 11.5 Å². The van der Waals surface area contributed by atoms with E-state index in [4.69, 9.17) is 0 Å². The Labute approximate surface area is 54.9 Å². The largest absolute Gasteiger partial charge is 0.289 e. The highest BCUT2D eigenvalue weighted by Crippen LogP contribution is 2.09. The van der Waals surface area contributed by atoms with E-state index in [-0.39, 0.29) is 0 Å². The Balaban J connectivity index is 2.59. The Bertz CT molecular complexity index is 112. The van der Waals surface area contributed by atoms with Crippen LogP contribution in [0.4, 0.5) is 0 Å². The van der Waals surface area contributed by atoms with Crippen LogP contribution in [-0.2, 0) is 0 Å². The summed E-state index contributed by atoms with van der Waals surface area (Å²) in [7, 11) is 0. The van der Waals surface area contributed by atoms with Gasteiger partial charge < -0.3 is 0 Å². The van der Waals surface area contributed by atoms with Gasteiger partial charge in [0.2, 0.25) is 0 Å². The first-order chi connectivity index (χ1) is 3.80. The average Bonchev–Trinajstić information content (AvgIpc) is 1.77. The summed E-state index contributed by atoms with van der Waals surface area (Å²) in [4.78, 5) is 4.12. The molecule has 2 atom stereocenters. The molecule has 0 saturated heterocycles. The fourth-order valence-electron chi connectivity index (χ4n) is 0.598. The Morgan fingerprint density at radius 1 is 1.62 bits per heavy atom. The molecule has 0 aromatic carbocycles. The van der Waals surface area contributed by atoms with Crippen molar-refractivity contribution >= 4 is 18.8 Å². The number of aliphatic imine (C=N–C) groups is 1. The van der Waals surface area contributed by atoms with Gasteiger partial charge in [-0.3, -0.25) is 4.99 Å². The number of thiol groups is 1. The number of hydrogen-bond donors (Lipinski definition) is 1. The van der Waals surface area contributed by atoms with Crippen LogP contribution in [0.5, 0.6) is 0 Å². The first-order valence-corrected chi connectivity index (χ1v) is 3.20. The molecule has 0 fully saturated rings. The lowest BCUT2D eigenvalue weighted by molar-refractivity contribution is 0.775. The Hall–Kier alpha value is -0.240. The van der Waals surface area contributed by atoms with E-state index in [9.17, 15) is 0 Å². The lowest BCUT2D eigenvalue weighted by Gasteiger charge is -2.12. The summed E-state index contributed by atoms with van der Waals surface area (Å²) >= 11 is 4.26. The van der Waals surface area contributed by atoms with Crippen molar-refractivity contribution in [1.82, 2.24) is 0 Å². The third-order valence-electron chi connectivity index (χ3n) is 1.21. The first-order valence-electron chi connectivity index (χ1n) is 2.69. The highest BCUT2D eigenvalue weighted by molar-refractivity contribution is 7.81. The molecule has 1 aliphatic rings. The van der Waals surface area contributed by atoms with Crippen LogP contribution in [0, 0.1) is 0 Å². The van der Waals surface area contributed by atoms with Gasteiger partial charge in [-0.05, 0) is 13.0 Å². The molecule has 44 valence electrons. The Kier molecular flexibility index (Phi) is 1.73. The Morgan fingerprint density at radius 3 is 2.75 bits per heavy atom. The quantitative estimate of drug-likeness (QED) is 0.471. The van der Waals surface area contributed by atoms with E-state index < -0.39 is 0 Å². The summed E-state index contributed by atoms with van der Waals surface area (Å²) in [5, 5.41) is 0.319. The summed E-state index contributed by atoms with van der Waals surface area (Å²) in [5.41, 5.74) is 0. The lowest BCUT2D eigenvalue weighted by atomic mass is 10.2. The van der Waals surface area contributed by atoms with Crippen LogP contribution in [0.2, 0.25) is 0 Å². The van der Waals surface area contributed by atoms with E-state index >= 15 is 0 Å². The number of rotatable bonds is 0. The van der Waals surface area contributed by atoms with Gasteiger partial charge in [0.25, 0.3) is 0 Å². The smallest absolute Gasteiger partial charge is 0.0622 e. The summed E-state index contributed by atoms with van der Waals surface area (Å²) < 4.78 is 0. The van der Waals surface area contributed by atoms with Crippen LogP contribution in [-0.4, -0.2) is 17.5 Å². The molecule has 2 unspecified atom stereocenters. The molecule has 0 N–H and O–H groups in total. The van der Waals surface area contributed by atoms with Crippen molar-refractivity contribution in [3.63, 3.8) is 0 Å². The molecule has 0 aromatic rings. The fourth-order valence-corrected chi connectivity index (χ4v) is 0.774. The molecular weight excluding hydrogens is 118 g/mol. The van der Waals surface area contributed by atoms with Gasteiger partial charge in [0.15, 0.2) is 0 Å². The van der Waals surface area contributed by atoms with Crippen molar-refractivity contribution in [3.8, 4) is 0 Å². The predicted octanol–water partition coefficient (Wildman–Crippen LogP) is 1.31. The van der Waals surface area contributed by atoms with Gasteiger partial charge in [0.1, 0.15) is 0 Å². The van der Waals surface area contributed by atoms with Crippen molar-refractivity contribution < 1.29 is 0 Å². The summed E-state index contributed by atoms with van der Waals surface area (Å²) in [6, 6.07) is 0.350. The second kappa shape index (κ2) is 2.35. The molecule has 1 aliphatic heterocycles. The molecule has 0 bridgehead atoms. The number of nitrogens with zero attached hydrogens (tertiary/aromatic N) is 1. The van der Waals surface area contributed by atoms with E-state index in [0.717, 1.165) is 0 Å². The monoisotopic (exact) mass is 127 g/mol. The number of hydrogen-bond acceptors (Lipinski definition) is 2. The first kappa shape index (κ1) is 5.89. The molecule has 0 aromatic heterocycles. The lowest BCUT2D eigenvalue weighted by Crippen LogP contribution is -2.14. The maximum atomic E-state index is 4.26. The van der Waals surface area contributed by atoms with Crippen molar-refractivity contribution in [3.05, 3.63) is 12.2 Å². The van der Waals surface area contributed by atoms with Crippen molar-refractivity contribution in [2.24, 2.45) is 4.99 Å². The molecule has 0 saturated carbocycles. The molecule has 0 spiro atoms. The zero-order chi connectivity index (χ0) is 5.98. The molecule has 8 heavy (non-hydrogen) atoms. The maximum absolute atomic E-state index is 4.26. The van der Waals surface area contributed by atoms with Crippen molar-refractivity contribution in [2.45, 2.75) is 18.2 Å². The standard InChI is InChI=1S/C6H9NS/c1-5-6(8)3-2-4-7-5/h2-6,8H,1H3. The zero-order valence-corrected chi connectivity index (χ0v) is 5.68. The minimum atomic E-state index is 0.319. The predicted molar refractivity (Wildman–Crippen MR) is 39.9 cm³/mol. The summed E-state index contributed by atoms with van der Waals surface area (Å²) in [6.07, 6.45) is 5.79. The topological polar surface area (TPSA) is 12.4 Å². The van der Waals surface area contributed by atoms with Gasteiger partial charge in [-0.25, -0.2) is 0 Å². The van der Waals surface area contributed by atoms with E-state index in [1.165, 1.54) is 0 Å². The van der Waals surface area contributed by atoms with Gasteiger partial charge in [-0.1, -0.05) is 6.08 Å². The van der Waals surface area contributed by atoms with Gasteiger partial charge in [-0.2, -0.15) is 12.6 Å². The SMILES string of the molecule is CC1N=CC=CC1S. The van der Waals surface area contributed by atoms with Gasteiger partial charge in [0.05, 0.1) is 6.04 Å². The van der Waals surface area contributed by atoms with Crippen LogP contribution >= 0.6 is 12.6 Å². The molecular formula is C6H9NS. The fraction of sp³-hybridized carbons (Fsp3) is 0.500. The molecule has 2 heteroatoms. The summed E-state index contributed by atoms with van der Waals surface area (Å²) in [6.45, 7) is 2.05. The van der Waals surface area contributed by atoms with E-state index in [1.807, 2.05) is 18.4 Å². The molecule has 0 aliphatic carbocycles. The van der Waals surface area contributed by atoms with E-state index in [0.29, 0.717) is 11.3 Å². The third-order valence-corrected chi connectivity index (χ3v) is 1.81. The van der Waals surface area contributed by atoms with Crippen LogP contribution in [0.3, 0.4) is 0 Å². The minimum Gasteiger partial charge on any atom is -0.289 e. The molecule has 1 heterocycles. The van der Waals surface area contributed by atoms with E-state index in [1.54, 1.807) is 0 Å². The van der Waals surface area contributed by atoms with Crippen LogP contribution < -0.4 is 0 Å². The molecule has 0 radical (unpaired) electrons. The number of allylic oxidation sites excluding steroid dienone is 1. The Morgan fingerprint density at radius 2 is 2.38 bits per heavy atom. The van der Waals surface area contributed by atoms with Crippen LogP contribution in [0.1, 0.15) is 6.92 Å². The summed E-state index contributed by atoms with van der Waals surface area (Å²) in [5.74, 6) is 0. The van der Waals surface area contributed by atoms with Gasteiger partial charge >= 0.3 is 0 Å². The second-order valence-electron chi connectivity index (χ2n) is 1.91. The molecule has 1 rings (SSSR count). The molecule has 0 amide bonds. The van der Waals surface area contributed by atoms with Gasteiger partial charge in [-0.15, -0.1) is 0 Å². The number of dihydropyridines is 1.